The van der Waals surface area contributed by atoms with Crippen molar-refractivity contribution in [3.63, 3.8) is 0 Å². The molecule has 0 spiro atoms. The number of ether oxygens (including phenoxy) is 3. The maximum Gasteiger partial charge on any atom is 0.330 e. The molecule has 2 aliphatic rings. The lowest BCUT2D eigenvalue weighted by molar-refractivity contribution is -0.158. The number of allylic oxidation sites excluding steroid dienone is 3. The first-order chi connectivity index (χ1) is 23.6. The second-order valence-electron chi connectivity index (χ2n) is 17.8. The van der Waals surface area contributed by atoms with Crippen LogP contribution in [0.2, 0.25) is 34.8 Å². The number of cyclic esters (lactones) is 1. The Morgan fingerprint density at radius 2 is 1.61 bits per heavy atom. The van der Waals surface area contributed by atoms with Crippen molar-refractivity contribution in [1.82, 2.24) is 0 Å². The third kappa shape index (κ3) is 12.4. The summed E-state index contributed by atoms with van der Waals surface area (Å²) >= 11 is 0. The minimum absolute atomic E-state index is 0.0102. The van der Waals surface area contributed by atoms with Gasteiger partial charge in [-0.15, -0.1) is 0 Å². The lowest BCUT2D eigenvalue weighted by Crippen LogP contribution is -2.47. The summed E-state index contributed by atoms with van der Waals surface area (Å²) in [6.07, 6.45) is 12.8. The van der Waals surface area contributed by atoms with Crippen LogP contribution in [0.5, 0.6) is 0 Å². The highest BCUT2D eigenvalue weighted by molar-refractivity contribution is 6.77. The highest BCUT2D eigenvalue weighted by Crippen LogP contribution is 2.43. The first-order valence-electron chi connectivity index (χ1n) is 19.5. The first-order valence-corrected chi connectivity index (χ1v) is 24.5. The maximum absolute atomic E-state index is 13.5. The Kier molecular flexibility index (Phi) is 17.4. The van der Waals surface area contributed by atoms with Crippen molar-refractivity contribution in [2.24, 2.45) is 17.8 Å². The predicted octanol–water partition coefficient (Wildman–Crippen LogP) is 10.9. The van der Waals surface area contributed by atoms with Crippen LogP contribution in [-0.4, -0.2) is 66.7 Å². The number of rotatable bonds is 12. The molecule has 0 N–H and O–H groups in total. The number of hydrogen-bond acceptors (Lipinski definition) is 7. The van der Waals surface area contributed by atoms with Crippen molar-refractivity contribution in [2.75, 3.05) is 13.7 Å². The van der Waals surface area contributed by atoms with E-state index in [0.29, 0.717) is 42.5 Å². The van der Waals surface area contributed by atoms with E-state index >= 15 is 0 Å². The SMILES string of the molecule is COC(/C(C)=C/CO[Si](C(C)C)(C(C)C)C(C)C)C(C)C1CC(O[Si](C)(C)C(C)(C)C)/C(C)=C/C=C\C(C)C2CC(C/C=C/C(=O)O1)CC(=O)O2. The minimum Gasteiger partial charge on any atom is -0.462 e. The van der Waals surface area contributed by atoms with Crippen molar-refractivity contribution < 1.29 is 32.7 Å². The molecule has 1 fully saturated rings. The van der Waals surface area contributed by atoms with E-state index in [1.807, 2.05) is 6.08 Å². The quantitative estimate of drug-likeness (QED) is 0.112. The van der Waals surface area contributed by atoms with Gasteiger partial charge in [-0.3, -0.25) is 4.79 Å². The van der Waals surface area contributed by atoms with Crippen LogP contribution >= 0.6 is 0 Å². The van der Waals surface area contributed by atoms with Gasteiger partial charge in [-0.05, 0) is 78.5 Å². The Balaban J connectivity index is 2.56. The summed E-state index contributed by atoms with van der Waals surface area (Å²) in [6, 6.07) is 0. The number of carbonyl (C=O) groups excluding carboxylic acids is 2. The average molecular weight is 747 g/mol. The summed E-state index contributed by atoms with van der Waals surface area (Å²) in [6.45, 7) is 34.0. The number of methoxy groups -OCH3 is 1. The van der Waals surface area contributed by atoms with Crippen LogP contribution in [0, 0.1) is 17.8 Å². The van der Waals surface area contributed by atoms with Gasteiger partial charge in [0.1, 0.15) is 12.2 Å². The molecule has 0 saturated carbocycles. The number of hydrogen-bond donors (Lipinski definition) is 0. The number of esters is 2. The standard InChI is InChI=1S/C42H74O7Si2/c1-28(2)51(29(3)4,30(5)6)46-24-23-33(9)41(45-14)34(10)38-27-37(49-50(15,16)42(11,12)13)32(8)20-17-19-31(7)36-25-35(26-40(44)47-36)21-18-22-39(43)48-38/h17-20,22-23,28-31,34-38,41H,21,24-27H2,1-16H3/b19-17-,22-18+,32-20+,33-23+. The Bertz CT molecular complexity index is 1230. The molecule has 9 heteroatoms. The summed E-state index contributed by atoms with van der Waals surface area (Å²) in [7, 11) is -2.54. The zero-order valence-corrected chi connectivity index (χ0v) is 37.1. The molecule has 0 aromatic carbocycles. The maximum atomic E-state index is 13.5. The summed E-state index contributed by atoms with van der Waals surface area (Å²) in [5, 5.41) is -0.0102. The molecule has 0 aromatic heterocycles. The molecule has 2 bridgehead atoms. The van der Waals surface area contributed by atoms with E-state index in [4.69, 9.17) is 23.1 Å². The van der Waals surface area contributed by atoms with Gasteiger partial charge >= 0.3 is 11.9 Å². The topological polar surface area (TPSA) is 80.3 Å². The van der Waals surface area contributed by atoms with E-state index < -0.39 is 28.7 Å². The predicted molar refractivity (Wildman–Crippen MR) is 216 cm³/mol. The Hall–Kier alpha value is -1.79. The van der Waals surface area contributed by atoms with Gasteiger partial charge in [0.25, 0.3) is 0 Å². The Morgan fingerprint density at radius 1 is 1.00 bits per heavy atom. The lowest BCUT2D eigenvalue weighted by atomic mass is 9.86. The van der Waals surface area contributed by atoms with Gasteiger partial charge in [0.05, 0.1) is 18.8 Å². The number of carbonyl (C=O) groups is 2. The van der Waals surface area contributed by atoms with E-state index in [0.717, 1.165) is 17.6 Å². The van der Waals surface area contributed by atoms with Crippen molar-refractivity contribution >= 4 is 28.6 Å². The largest absolute Gasteiger partial charge is 0.462 e. The van der Waals surface area contributed by atoms with Gasteiger partial charge in [-0.25, -0.2) is 4.79 Å². The van der Waals surface area contributed by atoms with Gasteiger partial charge in [-0.1, -0.05) is 107 Å². The van der Waals surface area contributed by atoms with Gasteiger partial charge in [0.2, 0.25) is 8.32 Å². The fourth-order valence-electron chi connectivity index (χ4n) is 7.96. The summed E-state index contributed by atoms with van der Waals surface area (Å²) < 4.78 is 32.3. The molecule has 7 nitrogen and oxygen atoms in total. The lowest BCUT2D eigenvalue weighted by Gasteiger charge is -2.42. The molecule has 1 saturated heterocycles. The van der Waals surface area contributed by atoms with E-state index in [2.05, 4.69) is 127 Å². The third-order valence-corrected chi connectivity index (χ3v) is 22.6. The van der Waals surface area contributed by atoms with E-state index in [1.54, 1.807) is 7.11 Å². The first kappa shape index (κ1) is 45.4. The fraction of sp³-hybridized carbons (Fsp3) is 0.762. The fourth-order valence-corrected chi connectivity index (χ4v) is 14.7. The molecule has 7 unspecified atom stereocenters. The molecule has 2 heterocycles. The van der Waals surface area contributed by atoms with Crippen molar-refractivity contribution in [3.05, 3.63) is 47.6 Å². The number of fused-ring (bicyclic) bond motifs is 2. The second-order valence-corrected chi connectivity index (χ2v) is 28.0. The van der Waals surface area contributed by atoms with Crippen molar-refractivity contribution in [1.29, 1.82) is 0 Å². The van der Waals surface area contributed by atoms with E-state index in [-0.39, 0.29) is 47.1 Å². The molecule has 51 heavy (non-hydrogen) atoms. The van der Waals surface area contributed by atoms with E-state index in [1.165, 1.54) is 6.08 Å². The van der Waals surface area contributed by atoms with Gasteiger partial charge in [-0.2, -0.15) is 0 Å². The molecule has 7 atom stereocenters. The molecule has 0 radical (unpaired) electrons. The molecule has 292 valence electrons. The minimum atomic E-state index is -2.23. The van der Waals surface area contributed by atoms with Crippen LogP contribution in [0.25, 0.3) is 0 Å². The van der Waals surface area contributed by atoms with E-state index in [9.17, 15) is 9.59 Å². The Morgan fingerprint density at radius 3 is 2.16 bits per heavy atom. The Labute approximate surface area is 314 Å². The second kappa shape index (κ2) is 19.5. The highest BCUT2D eigenvalue weighted by Gasteiger charge is 2.45. The summed E-state index contributed by atoms with van der Waals surface area (Å²) in [5.74, 6) is -0.563. The zero-order chi connectivity index (χ0) is 38.9. The van der Waals surface area contributed by atoms with Gasteiger partial charge in [0, 0.05) is 37.9 Å². The molecular formula is C42H74O7Si2. The molecule has 2 rings (SSSR count). The van der Waals surface area contributed by atoms with Gasteiger partial charge in [0.15, 0.2) is 8.32 Å². The highest BCUT2D eigenvalue weighted by atomic mass is 28.4. The van der Waals surface area contributed by atoms with Gasteiger partial charge < -0.3 is 23.1 Å². The molecule has 2 aliphatic heterocycles. The van der Waals surface area contributed by atoms with Crippen LogP contribution in [-0.2, 0) is 32.7 Å². The molecule has 0 aromatic rings. The van der Waals surface area contributed by atoms with Crippen LogP contribution < -0.4 is 0 Å². The van der Waals surface area contributed by atoms with Crippen LogP contribution in [0.15, 0.2) is 47.6 Å². The van der Waals surface area contributed by atoms with Crippen LogP contribution in [0.3, 0.4) is 0 Å². The van der Waals surface area contributed by atoms with Crippen molar-refractivity contribution in [2.45, 2.75) is 175 Å². The molecule has 0 aliphatic carbocycles. The molecule has 0 amide bonds. The normalized spacial score (nSPS) is 28.6. The average Bonchev–Trinajstić information content (AvgIpc) is 3.00. The summed E-state index contributed by atoms with van der Waals surface area (Å²) in [4.78, 5) is 26.0. The molecular weight excluding hydrogens is 673 g/mol. The van der Waals surface area contributed by atoms with Crippen LogP contribution in [0.1, 0.15) is 116 Å². The summed E-state index contributed by atoms with van der Waals surface area (Å²) in [5.41, 5.74) is 3.61. The van der Waals surface area contributed by atoms with Crippen LogP contribution in [0.4, 0.5) is 0 Å². The zero-order valence-electron chi connectivity index (χ0n) is 35.1. The van der Waals surface area contributed by atoms with Crippen molar-refractivity contribution in [3.8, 4) is 0 Å². The monoisotopic (exact) mass is 746 g/mol. The smallest absolute Gasteiger partial charge is 0.330 e. The third-order valence-electron chi connectivity index (χ3n) is 12.1.